The highest BCUT2D eigenvalue weighted by atomic mass is 32.1. The number of oxazole rings is 1. The summed E-state index contributed by atoms with van der Waals surface area (Å²) in [5.41, 5.74) is 0.767. The summed E-state index contributed by atoms with van der Waals surface area (Å²) in [6.07, 6.45) is 1.61. The van der Waals surface area contributed by atoms with Crippen molar-refractivity contribution < 1.29 is 13.9 Å². The van der Waals surface area contributed by atoms with Crippen LogP contribution >= 0.6 is 11.3 Å². The second-order valence-corrected chi connectivity index (χ2v) is 5.69. The molecule has 0 fully saturated rings. The summed E-state index contributed by atoms with van der Waals surface area (Å²) in [6.45, 7) is 4.40. The number of carbonyl (C=O) groups is 1. The van der Waals surface area contributed by atoms with E-state index in [0.29, 0.717) is 12.4 Å². The van der Waals surface area contributed by atoms with E-state index < -0.39 is 0 Å². The molecule has 5 nitrogen and oxygen atoms in total. The summed E-state index contributed by atoms with van der Waals surface area (Å²) in [5.74, 6) is 0.490. The molecular formula is C14H18N2O3S. The average Bonchev–Trinajstić information content (AvgIpc) is 3.08. The van der Waals surface area contributed by atoms with Gasteiger partial charge in [-0.15, -0.1) is 11.3 Å². The molecular weight excluding hydrogens is 276 g/mol. The van der Waals surface area contributed by atoms with Crippen LogP contribution in [0.25, 0.3) is 10.8 Å². The van der Waals surface area contributed by atoms with Gasteiger partial charge in [0.1, 0.15) is 12.3 Å². The van der Waals surface area contributed by atoms with Gasteiger partial charge in [-0.25, -0.2) is 4.98 Å². The average molecular weight is 294 g/mol. The second kappa shape index (κ2) is 6.67. The maximum atomic E-state index is 11.6. The smallest absolute Gasteiger partial charge is 0.323 e. The maximum Gasteiger partial charge on any atom is 0.323 e. The summed E-state index contributed by atoms with van der Waals surface area (Å²) in [6, 6.07) is 3.56. The normalized spacial score (nSPS) is 12.6. The Labute approximate surface area is 122 Å². The highest BCUT2D eigenvalue weighted by Crippen LogP contribution is 2.23. The zero-order valence-electron chi connectivity index (χ0n) is 11.8. The molecule has 0 amide bonds. The lowest BCUT2D eigenvalue weighted by Crippen LogP contribution is -2.41. The van der Waals surface area contributed by atoms with Gasteiger partial charge in [-0.2, -0.15) is 0 Å². The molecule has 20 heavy (non-hydrogen) atoms. The number of rotatable bonds is 6. The molecule has 1 atom stereocenters. The van der Waals surface area contributed by atoms with Crippen molar-refractivity contribution in [1.29, 1.82) is 0 Å². The Bertz CT molecular complexity index is 549. The molecule has 2 aromatic heterocycles. The molecule has 0 aliphatic carbocycles. The summed E-state index contributed by atoms with van der Waals surface area (Å²) < 4.78 is 10.2. The number of nitrogens with one attached hydrogen (secondary N) is 1. The van der Waals surface area contributed by atoms with Crippen molar-refractivity contribution in [2.75, 3.05) is 7.11 Å². The zero-order chi connectivity index (χ0) is 14.5. The van der Waals surface area contributed by atoms with Crippen LogP contribution in [0.1, 0.15) is 19.5 Å². The van der Waals surface area contributed by atoms with E-state index in [1.165, 1.54) is 7.11 Å². The molecule has 0 aliphatic heterocycles. The van der Waals surface area contributed by atoms with Gasteiger partial charge >= 0.3 is 5.97 Å². The molecule has 1 unspecified atom stereocenters. The van der Waals surface area contributed by atoms with Crippen LogP contribution < -0.4 is 5.32 Å². The first-order valence-corrected chi connectivity index (χ1v) is 7.29. The van der Waals surface area contributed by atoms with Crippen LogP contribution in [-0.4, -0.2) is 24.1 Å². The predicted molar refractivity (Wildman–Crippen MR) is 77.3 cm³/mol. The van der Waals surface area contributed by atoms with Gasteiger partial charge in [-0.05, 0) is 17.4 Å². The zero-order valence-corrected chi connectivity index (χ0v) is 12.6. The van der Waals surface area contributed by atoms with Gasteiger partial charge in [0.05, 0.1) is 17.7 Å². The Morgan fingerprint density at radius 2 is 2.35 bits per heavy atom. The molecule has 0 spiro atoms. The van der Waals surface area contributed by atoms with E-state index in [2.05, 4.69) is 10.3 Å². The molecule has 108 valence electrons. The Balaban J connectivity index is 1.98. The molecule has 0 radical (unpaired) electrons. The molecule has 2 aromatic rings. The molecule has 1 N–H and O–H groups in total. The highest BCUT2D eigenvalue weighted by Gasteiger charge is 2.22. The lowest BCUT2D eigenvalue weighted by molar-refractivity contribution is -0.144. The van der Waals surface area contributed by atoms with E-state index >= 15 is 0 Å². The van der Waals surface area contributed by atoms with E-state index in [0.717, 1.165) is 10.6 Å². The van der Waals surface area contributed by atoms with Crippen LogP contribution in [0, 0.1) is 5.92 Å². The number of hydrogen-bond acceptors (Lipinski definition) is 6. The lowest BCUT2D eigenvalue weighted by Gasteiger charge is -2.18. The van der Waals surface area contributed by atoms with Gasteiger partial charge in [-0.1, -0.05) is 19.9 Å². The summed E-state index contributed by atoms with van der Waals surface area (Å²) in [4.78, 5) is 17.0. The van der Waals surface area contributed by atoms with Crippen molar-refractivity contribution in [2.45, 2.75) is 26.4 Å². The number of methoxy groups -OCH3 is 1. The SMILES string of the molecule is COC(=O)C(NCc1coc(-c2cccs2)n1)C(C)C. The van der Waals surface area contributed by atoms with Crippen LogP contribution in [0.2, 0.25) is 0 Å². The maximum absolute atomic E-state index is 11.6. The van der Waals surface area contributed by atoms with Crippen molar-refractivity contribution in [2.24, 2.45) is 5.92 Å². The molecule has 0 bridgehead atoms. The number of ether oxygens (including phenoxy) is 1. The Morgan fingerprint density at radius 3 is 2.95 bits per heavy atom. The van der Waals surface area contributed by atoms with Crippen LogP contribution in [0.4, 0.5) is 0 Å². The highest BCUT2D eigenvalue weighted by molar-refractivity contribution is 7.13. The van der Waals surface area contributed by atoms with E-state index in [1.807, 2.05) is 31.4 Å². The van der Waals surface area contributed by atoms with Crippen LogP contribution in [0.15, 0.2) is 28.2 Å². The lowest BCUT2D eigenvalue weighted by atomic mass is 10.0. The van der Waals surface area contributed by atoms with Crippen molar-refractivity contribution in [3.63, 3.8) is 0 Å². The molecule has 0 saturated heterocycles. The van der Waals surface area contributed by atoms with E-state index in [-0.39, 0.29) is 17.9 Å². The van der Waals surface area contributed by atoms with Crippen molar-refractivity contribution in [1.82, 2.24) is 10.3 Å². The Hall–Kier alpha value is -1.66. The first kappa shape index (κ1) is 14.7. The van der Waals surface area contributed by atoms with Gasteiger partial charge in [0.15, 0.2) is 0 Å². The summed E-state index contributed by atoms with van der Waals surface area (Å²) in [7, 11) is 1.39. The van der Waals surface area contributed by atoms with Gasteiger partial charge < -0.3 is 9.15 Å². The van der Waals surface area contributed by atoms with Crippen LogP contribution in [0.3, 0.4) is 0 Å². The van der Waals surface area contributed by atoms with Crippen LogP contribution in [0.5, 0.6) is 0 Å². The number of nitrogens with zero attached hydrogens (tertiary/aromatic N) is 1. The first-order chi connectivity index (χ1) is 9.61. The minimum absolute atomic E-state index is 0.145. The topological polar surface area (TPSA) is 64.4 Å². The quantitative estimate of drug-likeness (QED) is 0.830. The summed E-state index contributed by atoms with van der Waals surface area (Å²) in [5, 5.41) is 5.13. The van der Waals surface area contributed by atoms with Gasteiger partial charge in [0.25, 0.3) is 0 Å². The Morgan fingerprint density at radius 1 is 1.55 bits per heavy atom. The van der Waals surface area contributed by atoms with E-state index in [9.17, 15) is 4.79 Å². The van der Waals surface area contributed by atoms with Crippen molar-refractivity contribution >= 4 is 17.3 Å². The molecule has 2 rings (SSSR count). The standard InChI is InChI=1S/C14H18N2O3S/c1-9(2)12(14(17)18-3)15-7-10-8-19-13(16-10)11-5-4-6-20-11/h4-6,8-9,12,15H,7H2,1-3H3. The minimum atomic E-state index is -0.345. The fraction of sp³-hybridized carbons (Fsp3) is 0.429. The predicted octanol–water partition coefficient (Wildman–Crippen LogP) is 2.69. The second-order valence-electron chi connectivity index (χ2n) is 4.75. The third-order valence-corrected chi connectivity index (χ3v) is 3.77. The first-order valence-electron chi connectivity index (χ1n) is 6.41. The van der Waals surface area contributed by atoms with Gasteiger partial charge in [0, 0.05) is 6.54 Å². The fourth-order valence-electron chi connectivity index (χ4n) is 1.83. The minimum Gasteiger partial charge on any atom is -0.468 e. The van der Waals surface area contributed by atoms with E-state index in [1.54, 1.807) is 17.6 Å². The molecule has 0 aliphatic rings. The van der Waals surface area contributed by atoms with Crippen molar-refractivity contribution in [3.8, 4) is 10.8 Å². The molecule has 0 aromatic carbocycles. The number of hydrogen-bond donors (Lipinski definition) is 1. The number of thiophene rings is 1. The monoisotopic (exact) mass is 294 g/mol. The third-order valence-electron chi connectivity index (χ3n) is 2.91. The molecule has 0 saturated carbocycles. The van der Waals surface area contributed by atoms with E-state index in [4.69, 9.17) is 9.15 Å². The molecule has 6 heteroatoms. The number of carbonyl (C=O) groups excluding carboxylic acids is 1. The third kappa shape index (κ3) is 3.46. The van der Waals surface area contributed by atoms with Gasteiger partial charge in [-0.3, -0.25) is 10.1 Å². The largest absolute Gasteiger partial charge is 0.468 e. The number of aromatic nitrogens is 1. The fourth-order valence-corrected chi connectivity index (χ4v) is 2.49. The van der Waals surface area contributed by atoms with Gasteiger partial charge in [0.2, 0.25) is 5.89 Å². The van der Waals surface area contributed by atoms with Crippen LogP contribution in [-0.2, 0) is 16.1 Å². The number of esters is 1. The summed E-state index contributed by atoms with van der Waals surface area (Å²) >= 11 is 1.58. The molecule has 2 heterocycles. The Kier molecular flexibility index (Phi) is 4.92. The van der Waals surface area contributed by atoms with Crippen molar-refractivity contribution in [3.05, 3.63) is 29.5 Å².